The molecule has 1 aliphatic heterocycles. The van der Waals surface area contributed by atoms with E-state index in [9.17, 15) is 0 Å². The second kappa shape index (κ2) is 9.96. The molecule has 4 heteroatoms. The highest BCUT2D eigenvalue weighted by atomic mass is 32.2. The van der Waals surface area contributed by atoms with E-state index in [2.05, 4.69) is 89.2 Å². The van der Waals surface area contributed by atoms with Gasteiger partial charge in [-0.2, -0.15) is 0 Å². The van der Waals surface area contributed by atoms with Crippen molar-refractivity contribution in [2.24, 2.45) is 15.9 Å². The van der Waals surface area contributed by atoms with Crippen molar-refractivity contribution in [2.45, 2.75) is 57.3 Å². The summed E-state index contributed by atoms with van der Waals surface area (Å²) in [5.74, 6) is 1.21. The van der Waals surface area contributed by atoms with Gasteiger partial charge < -0.3 is 4.72 Å². The van der Waals surface area contributed by atoms with Crippen molar-refractivity contribution in [3.8, 4) is 0 Å². The fraction of sp³-hybridized carbons (Fsp3) is 0.310. The van der Waals surface area contributed by atoms with Gasteiger partial charge in [0.1, 0.15) is 12.2 Å². The molecule has 2 aromatic carbocycles. The molecular weight excluding hydrogens is 422 g/mol. The Hall–Kier alpha value is -2.85. The van der Waals surface area contributed by atoms with Gasteiger partial charge in [0.05, 0.1) is 5.70 Å². The molecule has 0 aromatic heterocycles. The monoisotopic (exact) mass is 453 g/mol. The summed E-state index contributed by atoms with van der Waals surface area (Å²) < 4.78 is 3.66. The Kier molecular flexibility index (Phi) is 6.63. The Morgan fingerprint density at radius 2 is 1.76 bits per heavy atom. The molecule has 1 heterocycles. The molecule has 1 unspecified atom stereocenters. The Labute approximate surface area is 201 Å². The highest BCUT2D eigenvalue weighted by Gasteiger charge is 2.26. The van der Waals surface area contributed by atoms with Gasteiger partial charge in [-0.1, -0.05) is 54.1 Å². The molecule has 3 aliphatic rings. The highest BCUT2D eigenvalue weighted by molar-refractivity contribution is 7.97. The molecule has 0 spiro atoms. The molecule has 33 heavy (non-hydrogen) atoms. The lowest BCUT2D eigenvalue weighted by atomic mass is 9.81. The Bertz CT molecular complexity index is 1160. The van der Waals surface area contributed by atoms with Gasteiger partial charge in [-0.25, -0.2) is 9.98 Å². The van der Waals surface area contributed by atoms with Gasteiger partial charge in [0, 0.05) is 10.8 Å². The van der Waals surface area contributed by atoms with Crippen molar-refractivity contribution in [1.29, 1.82) is 0 Å². The minimum Gasteiger partial charge on any atom is -0.325 e. The van der Waals surface area contributed by atoms with E-state index >= 15 is 0 Å². The largest absolute Gasteiger partial charge is 0.325 e. The third kappa shape index (κ3) is 4.91. The molecule has 0 radical (unpaired) electrons. The number of amidine groups is 1. The predicted molar refractivity (Wildman–Crippen MR) is 141 cm³/mol. The van der Waals surface area contributed by atoms with Crippen LogP contribution in [-0.2, 0) is 6.42 Å². The lowest BCUT2D eigenvalue weighted by Crippen LogP contribution is -2.24. The number of nitrogens with zero attached hydrogens (tertiary/aromatic N) is 2. The molecule has 1 atom stereocenters. The van der Waals surface area contributed by atoms with E-state index in [0.717, 1.165) is 25.1 Å². The van der Waals surface area contributed by atoms with Crippen LogP contribution in [0.1, 0.15) is 57.1 Å². The van der Waals surface area contributed by atoms with E-state index in [1.54, 1.807) is 18.3 Å². The zero-order chi connectivity index (χ0) is 22.6. The quantitative estimate of drug-likeness (QED) is 0.419. The molecule has 0 amide bonds. The molecule has 168 valence electrons. The van der Waals surface area contributed by atoms with Crippen LogP contribution >= 0.6 is 11.9 Å². The summed E-state index contributed by atoms with van der Waals surface area (Å²) in [6.07, 6.45) is 11.0. The minimum atomic E-state index is 0.243. The van der Waals surface area contributed by atoms with Gasteiger partial charge in [-0.15, -0.1) is 0 Å². The van der Waals surface area contributed by atoms with Gasteiger partial charge in [-0.05, 0) is 104 Å². The molecule has 2 aliphatic carbocycles. The van der Waals surface area contributed by atoms with Crippen LogP contribution < -0.4 is 4.72 Å². The lowest BCUT2D eigenvalue weighted by Gasteiger charge is -2.27. The average Bonchev–Trinajstić information content (AvgIpc) is 2.77. The Balaban J connectivity index is 1.34. The molecule has 0 saturated heterocycles. The summed E-state index contributed by atoms with van der Waals surface area (Å²) in [5, 5.41) is 0. The zero-order valence-corrected chi connectivity index (χ0v) is 20.3. The van der Waals surface area contributed by atoms with Crippen LogP contribution in [-0.4, -0.2) is 12.2 Å². The first-order valence-corrected chi connectivity index (χ1v) is 12.8. The standard InChI is InChI=1S/C29H31N3S/c1-20-8-6-13-26(21(20)2)27(29-30-19-31-29)18-22-14-16-24(17-15-22)28(23-9-7-10-23)32-33-25-11-4-3-5-12-25/h3-5,11-17,19,27,32H,6-10,18H2,1-2H3. The molecule has 3 nitrogen and oxygen atoms in total. The average molecular weight is 454 g/mol. The van der Waals surface area contributed by atoms with E-state index in [-0.39, 0.29) is 5.92 Å². The van der Waals surface area contributed by atoms with Crippen LogP contribution in [0.3, 0.4) is 0 Å². The maximum atomic E-state index is 4.48. The third-order valence-corrected chi connectivity index (χ3v) is 7.85. The number of nitrogens with one attached hydrogen (secondary N) is 1. The second-order valence-corrected chi connectivity index (χ2v) is 10.0. The minimum absolute atomic E-state index is 0.243. The molecule has 1 fully saturated rings. The smallest absolute Gasteiger partial charge is 0.139 e. The van der Waals surface area contributed by atoms with E-state index in [1.807, 2.05) is 0 Å². The van der Waals surface area contributed by atoms with Gasteiger partial charge in [0.2, 0.25) is 0 Å². The number of rotatable bonds is 8. The SMILES string of the molecule is CC1=C(C)C(C(Cc2ccc(C(NSc3ccccc3)=C3CCC3)cc2)C2=NC=N2)=CCC1. The van der Waals surface area contributed by atoms with Gasteiger partial charge in [0.25, 0.3) is 0 Å². The number of benzene rings is 2. The topological polar surface area (TPSA) is 36.8 Å². The summed E-state index contributed by atoms with van der Waals surface area (Å²) in [6, 6.07) is 19.7. The molecule has 2 aromatic rings. The second-order valence-electron chi connectivity index (χ2n) is 9.14. The van der Waals surface area contributed by atoms with Crippen LogP contribution in [0, 0.1) is 5.92 Å². The Morgan fingerprint density at radius 1 is 1.00 bits per heavy atom. The summed E-state index contributed by atoms with van der Waals surface area (Å²) in [7, 11) is 0. The van der Waals surface area contributed by atoms with Crippen LogP contribution in [0.25, 0.3) is 5.70 Å². The number of hydrogen-bond donors (Lipinski definition) is 1. The normalized spacial score (nSPS) is 18.2. The van der Waals surface area contributed by atoms with Crippen molar-refractivity contribution in [1.82, 2.24) is 4.72 Å². The van der Waals surface area contributed by atoms with Crippen molar-refractivity contribution < 1.29 is 0 Å². The first-order valence-electron chi connectivity index (χ1n) is 12.0. The fourth-order valence-electron chi connectivity index (χ4n) is 4.66. The van der Waals surface area contributed by atoms with Crippen LogP contribution in [0.2, 0.25) is 0 Å². The molecule has 5 rings (SSSR count). The Morgan fingerprint density at radius 3 is 2.39 bits per heavy atom. The van der Waals surface area contributed by atoms with E-state index < -0.39 is 0 Å². The lowest BCUT2D eigenvalue weighted by molar-refractivity contribution is 0.663. The van der Waals surface area contributed by atoms with Gasteiger partial charge in [-0.3, -0.25) is 0 Å². The molecule has 1 N–H and O–H groups in total. The number of aliphatic imine (C=N–C) groups is 2. The first kappa shape index (κ1) is 22.0. The number of allylic oxidation sites excluding steroid dienone is 4. The maximum absolute atomic E-state index is 4.48. The third-order valence-electron chi connectivity index (χ3n) is 7.03. The number of hydrogen-bond acceptors (Lipinski definition) is 4. The highest BCUT2D eigenvalue weighted by Crippen LogP contribution is 2.36. The predicted octanol–water partition coefficient (Wildman–Crippen LogP) is 7.53. The van der Waals surface area contributed by atoms with Crippen LogP contribution in [0.4, 0.5) is 0 Å². The summed E-state index contributed by atoms with van der Waals surface area (Å²) in [6.45, 7) is 4.52. The van der Waals surface area contributed by atoms with Gasteiger partial charge >= 0.3 is 0 Å². The van der Waals surface area contributed by atoms with Gasteiger partial charge in [0.15, 0.2) is 0 Å². The van der Waals surface area contributed by atoms with Crippen LogP contribution in [0.15, 0.2) is 97.8 Å². The molecular formula is C29H31N3S. The van der Waals surface area contributed by atoms with E-state index in [0.29, 0.717) is 0 Å². The molecule has 1 saturated carbocycles. The zero-order valence-electron chi connectivity index (χ0n) is 19.5. The van der Waals surface area contributed by atoms with Crippen molar-refractivity contribution in [3.05, 3.63) is 94.1 Å². The molecule has 0 bridgehead atoms. The fourth-order valence-corrected chi connectivity index (χ4v) is 5.44. The summed E-state index contributed by atoms with van der Waals surface area (Å²) in [4.78, 5) is 10.2. The summed E-state index contributed by atoms with van der Waals surface area (Å²) >= 11 is 1.70. The van der Waals surface area contributed by atoms with E-state index in [1.165, 1.54) is 63.3 Å². The summed E-state index contributed by atoms with van der Waals surface area (Å²) in [5.41, 5.74) is 9.76. The van der Waals surface area contributed by atoms with Crippen molar-refractivity contribution in [3.63, 3.8) is 0 Å². The first-order chi connectivity index (χ1) is 16.2. The maximum Gasteiger partial charge on any atom is 0.139 e. The van der Waals surface area contributed by atoms with E-state index in [4.69, 9.17) is 0 Å². The van der Waals surface area contributed by atoms with Crippen molar-refractivity contribution in [2.75, 3.05) is 0 Å². The van der Waals surface area contributed by atoms with Crippen molar-refractivity contribution >= 4 is 29.8 Å². The van der Waals surface area contributed by atoms with Crippen LogP contribution in [0.5, 0.6) is 0 Å².